The summed E-state index contributed by atoms with van der Waals surface area (Å²) >= 11 is 0. The Kier molecular flexibility index (Phi) is 5.21. The smallest absolute Gasteiger partial charge is 0.355 e. The summed E-state index contributed by atoms with van der Waals surface area (Å²) in [4.78, 5) is 10.1. The van der Waals surface area contributed by atoms with Crippen LogP contribution in [0.15, 0.2) is 54.6 Å². The fourth-order valence-corrected chi connectivity index (χ4v) is 1.97. The molecule has 0 fully saturated rings. The summed E-state index contributed by atoms with van der Waals surface area (Å²) in [5.41, 5.74) is 0.192. The Morgan fingerprint density at radius 3 is 2.16 bits per heavy atom. The molecule has 0 radical (unpaired) electrons. The van der Waals surface area contributed by atoms with Crippen LogP contribution in [0.25, 0.3) is 5.70 Å². The number of allylic oxidation sites excluding steroid dienone is 1. The predicted molar refractivity (Wildman–Crippen MR) is 89.7 cm³/mol. The van der Waals surface area contributed by atoms with Gasteiger partial charge in [-0.05, 0) is 30.7 Å². The molecule has 0 spiro atoms. The third kappa shape index (κ3) is 4.90. The largest absolute Gasteiger partial charge is 0.432 e. The van der Waals surface area contributed by atoms with Crippen molar-refractivity contribution in [1.29, 1.82) is 5.41 Å². The van der Waals surface area contributed by atoms with Gasteiger partial charge >= 0.3 is 6.18 Å². The lowest BCUT2D eigenvalue weighted by Gasteiger charge is -2.13. The monoisotopic (exact) mass is 349 g/mol. The number of alkyl halides is 3. The maximum Gasteiger partial charge on any atom is 0.432 e. The molecule has 25 heavy (non-hydrogen) atoms. The number of non-ortho nitro benzene ring substituents is 1. The van der Waals surface area contributed by atoms with Gasteiger partial charge in [0.1, 0.15) is 5.71 Å². The van der Waals surface area contributed by atoms with Crippen molar-refractivity contribution in [2.24, 2.45) is 0 Å². The fourth-order valence-electron chi connectivity index (χ4n) is 1.97. The maximum absolute atomic E-state index is 12.7. The van der Waals surface area contributed by atoms with E-state index in [9.17, 15) is 23.3 Å². The van der Waals surface area contributed by atoms with E-state index in [1.807, 2.05) is 6.92 Å². The van der Waals surface area contributed by atoms with Crippen molar-refractivity contribution in [2.45, 2.75) is 13.1 Å². The van der Waals surface area contributed by atoms with Crippen LogP contribution in [0, 0.1) is 22.4 Å². The van der Waals surface area contributed by atoms with Gasteiger partial charge in [-0.25, -0.2) is 0 Å². The van der Waals surface area contributed by atoms with Crippen LogP contribution in [0.3, 0.4) is 0 Å². The van der Waals surface area contributed by atoms with E-state index in [1.165, 1.54) is 24.3 Å². The maximum atomic E-state index is 12.7. The Morgan fingerprint density at radius 1 is 1.12 bits per heavy atom. The van der Waals surface area contributed by atoms with Crippen LogP contribution in [0.2, 0.25) is 0 Å². The number of halogens is 3. The molecule has 8 heteroatoms. The van der Waals surface area contributed by atoms with Crippen LogP contribution >= 0.6 is 0 Å². The minimum Gasteiger partial charge on any atom is -0.355 e. The molecule has 130 valence electrons. The van der Waals surface area contributed by atoms with E-state index in [2.05, 4.69) is 5.32 Å². The highest BCUT2D eigenvalue weighted by atomic mass is 19.4. The number of hydrogen-bond donors (Lipinski definition) is 2. The van der Waals surface area contributed by atoms with E-state index in [0.29, 0.717) is 17.3 Å². The lowest BCUT2D eigenvalue weighted by Crippen LogP contribution is -2.20. The molecule has 0 aromatic heterocycles. The van der Waals surface area contributed by atoms with Crippen molar-refractivity contribution in [2.75, 3.05) is 5.32 Å². The zero-order valence-corrected chi connectivity index (χ0v) is 13.1. The van der Waals surface area contributed by atoms with Gasteiger partial charge in [-0.1, -0.05) is 29.8 Å². The standard InChI is InChI=1S/C17H14F3N3O2/c1-11-2-4-12(5-3-11)15(10-16(21)17(18,19)20)22-13-6-8-14(9-7-13)23(24)25/h2-10,21-22H,1H3/b15-10-,21-16?. The van der Waals surface area contributed by atoms with Crippen molar-refractivity contribution >= 4 is 22.8 Å². The number of rotatable bonds is 5. The second-order valence-electron chi connectivity index (χ2n) is 5.26. The van der Waals surface area contributed by atoms with Crippen LogP contribution in [-0.4, -0.2) is 16.8 Å². The molecule has 0 bridgehead atoms. The summed E-state index contributed by atoms with van der Waals surface area (Å²) in [5, 5.41) is 20.6. The Bertz CT molecular complexity index is 811. The van der Waals surface area contributed by atoms with Crippen LogP contribution in [-0.2, 0) is 0 Å². The summed E-state index contributed by atoms with van der Waals surface area (Å²) in [6.45, 7) is 1.84. The van der Waals surface area contributed by atoms with Crippen LogP contribution in [0.1, 0.15) is 11.1 Å². The van der Waals surface area contributed by atoms with Gasteiger partial charge in [-0.3, -0.25) is 15.5 Å². The van der Waals surface area contributed by atoms with Gasteiger partial charge in [0.05, 0.1) is 4.92 Å². The Hall–Kier alpha value is -3.16. The highest BCUT2D eigenvalue weighted by Gasteiger charge is 2.33. The lowest BCUT2D eigenvalue weighted by molar-refractivity contribution is -0.384. The molecule has 0 unspecified atom stereocenters. The third-order valence-electron chi connectivity index (χ3n) is 3.31. The first-order valence-corrected chi connectivity index (χ1v) is 7.13. The van der Waals surface area contributed by atoms with Crippen LogP contribution in [0.4, 0.5) is 24.5 Å². The summed E-state index contributed by atoms with van der Waals surface area (Å²) < 4.78 is 38.1. The molecule has 0 heterocycles. The van der Waals surface area contributed by atoms with Gasteiger partial charge < -0.3 is 5.32 Å². The van der Waals surface area contributed by atoms with Gasteiger partial charge in [0.15, 0.2) is 0 Å². The summed E-state index contributed by atoms with van der Waals surface area (Å²) in [6.07, 6.45) is -4.08. The highest BCUT2D eigenvalue weighted by molar-refractivity contribution is 6.03. The number of nitro benzene ring substituents is 1. The van der Waals surface area contributed by atoms with Crippen molar-refractivity contribution in [1.82, 2.24) is 0 Å². The average Bonchev–Trinajstić information content (AvgIpc) is 2.54. The SMILES string of the molecule is Cc1ccc(/C(=C/C(=N)C(F)(F)F)Nc2ccc([N+](=O)[O-])cc2)cc1. The van der Waals surface area contributed by atoms with Crippen LogP contribution < -0.4 is 5.32 Å². The molecule has 0 atom stereocenters. The Labute approximate surface area is 141 Å². The second-order valence-corrected chi connectivity index (χ2v) is 5.26. The van der Waals surface area contributed by atoms with Gasteiger partial charge in [0.2, 0.25) is 0 Å². The first-order chi connectivity index (χ1) is 11.7. The summed E-state index contributed by atoms with van der Waals surface area (Å²) in [7, 11) is 0. The topological polar surface area (TPSA) is 79.0 Å². The second kappa shape index (κ2) is 7.16. The number of benzene rings is 2. The molecule has 2 N–H and O–H groups in total. The number of nitrogens with one attached hydrogen (secondary N) is 2. The first-order valence-electron chi connectivity index (χ1n) is 7.13. The molecule has 0 aliphatic heterocycles. The zero-order chi connectivity index (χ0) is 18.6. The molecule has 0 aliphatic carbocycles. The fraction of sp³-hybridized carbons (Fsp3) is 0.118. The molecule has 0 aliphatic rings. The molecule has 5 nitrogen and oxygen atoms in total. The van der Waals surface area contributed by atoms with E-state index in [4.69, 9.17) is 5.41 Å². The average molecular weight is 349 g/mol. The van der Waals surface area contributed by atoms with E-state index < -0.39 is 16.8 Å². The number of hydrogen-bond acceptors (Lipinski definition) is 4. The zero-order valence-electron chi connectivity index (χ0n) is 13.1. The van der Waals surface area contributed by atoms with Crippen molar-refractivity contribution in [3.63, 3.8) is 0 Å². The van der Waals surface area contributed by atoms with Gasteiger partial charge in [0.25, 0.3) is 5.69 Å². The highest BCUT2D eigenvalue weighted by Crippen LogP contribution is 2.24. The summed E-state index contributed by atoms with van der Waals surface area (Å²) in [5.74, 6) is 0. The summed E-state index contributed by atoms with van der Waals surface area (Å²) in [6, 6.07) is 12.0. The van der Waals surface area contributed by atoms with Gasteiger partial charge in [0, 0.05) is 23.5 Å². The van der Waals surface area contributed by atoms with Gasteiger partial charge in [-0.2, -0.15) is 13.2 Å². The molecule has 0 saturated carbocycles. The predicted octanol–water partition coefficient (Wildman–Crippen LogP) is 4.94. The van der Waals surface area contributed by atoms with E-state index in [0.717, 1.165) is 5.56 Å². The Balaban J connectivity index is 2.37. The van der Waals surface area contributed by atoms with Gasteiger partial charge in [-0.15, -0.1) is 0 Å². The van der Waals surface area contributed by atoms with Crippen molar-refractivity contribution in [3.8, 4) is 0 Å². The molecule has 2 rings (SSSR count). The quantitative estimate of drug-likeness (QED) is 0.456. The first kappa shape index (κ1) is 18.2. The van der Waals surface area contributed by atoms with Crippen LogP contribution in [0.5, 0.6) is 0 Å². The molecule has 0 saturated heterocycles. The molecule has 2 aromatic carbocycles. The molecular formula is C17H14F3N3O2. The minimum absolute atomic E-state index is 0.0659. The number of nitrogens with zero attached hydrogens (tertiary/aromatic N) is 1. The Morgan fingerprint density at radius 2 is 1.68 bits per heavy atom. The third-order valence-corrected chi connectivity index (χ3v) is 3.31. The van der Waals surface area contributed by atoms with E-state index in [-0.39, 0.29) is 11.4 Å². The van der Waals surface area contributed by atoms with Crippen molar-refractivity contribution in [3.05, 3.63) is 75.8 Å². The minimum atomic E-state index is -4.77. The van der Waals surface area contributed by atoms with Crippen molar-refractivity contribution < 1.29 is 18.1 Å². The van der Waals surface area contributed by atoms with E-state index in [1.54, 1.807) is 24.3 Å². The lowest BCUT2D eigenvalue weighted by atomic mass is 10.1. The normalized spacial score (nSPS) is 11.9. The number of aryl methyl sites for hydroxylation is 1. The number of nitro groups is 1. The molecule has 0 amide bonds. The number of anilines is 1. The molecular weight excluding hydrogens is 335 g/mol. The van der Waals surface area contributed by atoms with E-state index >= 15 is 0 Å². The molecule has 2 aromatic rings.